The molecule has 1 heterocycles. The van der Waals surface area contributed by atoms with E-state index in [1.54, 1.807) is 13.0 Å². The fourth-order valence-corrected chi connectivity index (χ4v) is 1.05. The van der Waals surface area contributed by atoms with Gasteiger partial charge in [-0.2, -0.15) is 9.98 Å². The van der Waals surface area contributed by atoms with Crippen LogP contribution in [0.2, 0.25) is 0 Å². The molecule has 15 heavy (non-hydrogen) atoms. The van der Waals surface area contributed by atoms with Gasteiger partial charge in [0.25, 0.3) is 0 Å². The molecule has 80 valence electrons. The summed E-state index contributed by atoms with van der Waals surface area (Å²) in [7, 11) is 0. The van der Waals surface area contributed by atoms with Crippen LogP contribution in [-0.2, 0) is 0 Å². The van der Waals surface area contributed by atoms with E-state index in [1.807, 2.05) is 19.1 Å². The van der Waals surface area contributed by atoms with Crippen LogP contribution in [0.5, 0.6) is 0 Å². The number of urea groups is 1. The molecule has 1 aliphatic heterocycles. The number of aryl methyl sites for hydroxylation is 1. The highest BCUT2D eigenvalue weighted by atomic mass is 35.5. The maximum atomic E-state index is 10.7. The van der Waals surface area contributed by atoms with Crippen molar-refractivity contribution in [3.8, 4) is 0 Å². The molecule has 0 aliphatic carbocycles. The van der Waals surface area contributed by atoms with E-state index in [9.17, 15) is 4.79 Å². The maximum Gasteiger partial charge on any atom is 0.368 e. The minimum atomic E-state index is -0.398. The number of halogens is 2. The average Bonchev–Trinajstić information content (AvgIpc) is 2.42. The number of hydrogen-bond acceptors (Lipinski definition) is 1. The van der Waals surface area contributed by atoms with Crippen LogP contribution in [0.1, 0.15) is 12.5 Å². The Hall–Kier alpha value is -0.930. The van der Waals surface area contributed by atoms with Gasteiger partial charge in [0.15, 0.2) is 0 Å². The highest BCUT2D eigenvalue weighted by molar-refractivity contribution is 6.43. The Kier molecular flexibility index (Phi) is 4.24. The van der Waals surface area contributed by atoms with E-state index >= 15 is 0 Å². The van der Waals surface area contributed by atoms with Gasteiger partial charge >= 0.3 is 6.03 Å². The van der Waals surface area contributed by atoms with Gasteiger partial charge in [0.2, 0.25) is 0 Å². The topological polar surface area (TPSA) is 41.8 Å². The first-order valence-electron chi connectivity index (χ1n) is 4.35. The standard InChI is InChI=1S/C8H6N2O.C2H4Cl2/c1-5-2-3-6-7(4-5)10-8(11)9-6;1-2(3)4/h2-4H,1H3;2H,1H3. The van der Waals surface area contributed by atoms with Crippen molar-refractivity contribution >= 4 is 29.2 Å². The van der Waals surface area contributed by atoms with Gasteiger partial charge < -0.3 is 0 Å². The van der Waals surface area contributed by atoms with E-state index < -0.39 is 6.03 Å². The Balaban J connectivity index is 0.000000245. The molecule has 0 saturated carbocycles. The van der Waals surface area contributed by atoms with Crippen LogP contribution in [0.25, 0.3) is 0 Å². The number of carbonyl (C=O) groups is 1. The molecule has 5 heteroatoms. The predicted molar refractivity (Wildman–Crippen MR) is 60.1 cm³/mol. The molecule has 0 atom stereocenters. The Morgan fingerprint density at radius 3 is 2.33 bits per heavy atom. The Labute approximate surface area is 97.4 Å². The molecule has 2 rings (SSSR count). The summed E-state index contributed by atoms with van der Waals surface area (Å²) in [6.45, 7) is 3.65. The fraction of sp³-hybridized carbons (Fsp3) is 0.300. The number of carbonyl (C=O) groups excluding carboxylic acids is 1. The van der Waals surface area contributed by atoms with E-state index in [4.69, 9.17) is 23.2 Å². The van der Waals surface area contributed by atoms with Gasteiger partial charge in [-0.25, -0.2) is 4.79 Å². The van der Waals surface area contributed by atoms with Gasteiger partial charge in [0.1, 0.15) is 4.84 Å². The lowest BCUT2D eigenvalue weighted by Gasteiger charge is -1.85. The molecular formula is C10H10Cl2N2O. The van der Waals surface area contributed by atoms with Crippen LogP contribution >= 0.6 is 23.2 Å². The van der Waals surface area contributed by atoms with Crippen molar-refractivity contribution in [1.29, 1.82) is 0 Å². The first kappa shape index (κ1) is 12.1. The maximum absolute atomic E-state index is 10.7. The van der Waals surface area contributed by atoms with E-state index in [0.717, 1.165) is 5.56 Å². The quantitative estimate of drug-likeness (QED) is 0.646. The third-order valence-electron chi connectivity index (χ3n) is 1.56. The average molecular weight is 245 g/mol. The minimum absolute atomic E-state index is 0.222. The second-order valence-electron chi connectivity index (χ2n) is 3.02. The van der Waals surface area contributed by atoms with Crippen molar-refractivity contribution < 1.29 is 4.79 Å². The monoisotopic (exact) mass is 244 g/mol. The summed E-state index contributed by atoms with van der Waals surface area (Å²) in [4.78, 5) is 17.9. The number of rotatable bonds is 0. The van der Waals surface area contributed by atoms with Crippen LogP contribution in [0, 0.1) is 6.92 Å². The number of nitrogens with zero attached hydrogens (tertiary/aromatic N) is 2. The zero-order chi connectivity index (χ0) is 11.4. The molecular weight excluding hydrogens is 235 g/mol. The number of hydrogen-bond donors (Lipinski definition) is 0. The normalized spacial score (nSPS) is 12.5. The van der Waals surface area contributed by atoms with Crippen LogP contribution in [0.15, 0.2) is 28.2 Å². The van der Waals surface area contributed by atoms with Crippen LogP contribution in [0.3, 0.4) is 0 Å². The number of alkyl halides is 2. The van der Waals surface area contributed by atoms with E-state index in [2.05, 4.69) is 9.98 Å². The molecule has 0 aromatic heterocycles. The molecule has 0 bridgehead atoms. The summed E-state index contributed by atoms with van der Waals surface area (Å²) in [6, 6.07) is 5.17. The summed E-state index contributed by atoms with van der Waals surface area (Å²) in [5.74, 6) is 0. The minimum Gasteiger partial charge on any atom is -0.244 e. The van der Waals surface area contributed by atoms with Crippen molar-refractivity contribution in [1.82, 2.24) is 0 Å². The first-order valence-corrected chi connectivity index (χ1v) is 5.22. The van der Waals surface area contributed by atoms with Crippen LogP contribution in [0.4, 0.5) is 4.79 Å². The first-order chi connectivity index (χ1) is 6.99. The van der Waals surface area contributed by atoms with E-state index in [-0.39, 0.29) is 4.84 Å². The molecule has 1 aromatic carbocycles. The van der Waals surface area contributed by atoms with E-state index in [0.29, 0.717) is 10.7 Å². The molecule has 0 unspecified atom stereocenters. The largest absolute Gasteiger partial charge is 0.368 e. The van der Waals surface area contributed by atoms with Gasteiger partial charge in [-0.15, -0.1) is 23.2 Å². The van der Waals surface area contributed by atoms with Crippen LogP contribution in [-0.4, -0.2) is 10.9 Å². The zero-order valence-corrected chi connectivity index (χ0v) is 9.88. The second kappa shape index (κ2) is 5.24. The lowest BCUT2D eigenvalue weighted by atomic mass is 10.2. The summed E-state index contributed by atoms with van der Waals surface area (Å²) in [5.41, 5.74) is 1.09. The van der Waals surface area contributed by atoms with Crippen molar-refractivity contribution in [2.45, 2.75) is 18.7 Å². The molecule has 0 saturated heterocycles. The Morgan fingerprint density at radius 1 is 1.20 bits per heavy atom. The third-order valence-corrected chi connectivity index (χ3v) is 1.56. The molecule has 1 aromatic rings. The molecule has 3 nitrogen and oxygen atoms in total. The van der Waals surface area contributed by atoms with Crippen molar-refractivity contribution in [3.05, 3.63) is 34.5 Å². The fourth-order valence-electron chi connectivity index (χ4n) is 1.05. The molecule has 0 radical (unpaired) electrons. The smallest absolute Gasteiger partial charge is 0.244 e. The summed E-state index contributed by atoms with van der Waals surface area (Å²) in [5, 5.41) is 1.37. The summed E-state index contributed by atoms with van der Waals surface area (Å²) < 4.78 is 0. The molecule has 0 N–H and O–H groups in total. The highest BCUT2D eigenvalue weighted by Gasteiger charge is 2.02. The molecule has 2 amide bonds. The second-order valence-corrected chi connectivity index (χ2v) is 4.55. The number of benzene rings is 1. The van der Waals surface area contributed by atoms with Gasteiger partial charge in [-0.3, -0.25) is 0 Å². The summed E-state index contributed by atoms with van der Waals surface area (Å²) >= 11 is 10.1. The number of fused-ring (bicyclic) bond motifs is 1. The Bertz CT molecular complexity index is 480. The van der Waals surface area contributed by atoms with Crippen molar-refractivity contribution in [2.75, 3.05) is 0 Å². The Morgan fingerprint density at radius 2 is 1.73 bits per heavy atom. The number of amides is 2. The molecule has 0 spiro atoms. The van der Waals surface area contributed by atoms with Crippen LogP contribution < -0.4 is 10.7 Å². The third kappa shape index (κ3) is 3.98. The molecule has 1 aliphatic rings. The van der Waals surface area contributed by atoms with Gasteiger partial charge in [0.05, 0.1) is 10.7 Å². The lowest BCUT2D eigenvalue weighted by Crippen LogP contribution is -2.20. The molecule has 0 fully saturated rings. The van der Waals surface area contributed by atoms with Gasteiger partial charge in [-0.05, 0) is 31.5 Å². The lowest BCUT2D eigenvalue weighted by molar-refractivity contribution is 0.256. The van der Waals surface area contributed by atoms with Gasteiger partial charge in [0, 0.05) is 0 Å². The predicted octanol–water partition coefficient (Wildman–Crippen LogP) is 2.18. The zero-order valence-electron chi connectivity index (χ0n) is 8.37. The SMILES string of the molecule is CC(Cl)Cl.Cc1ccc2c(c1)=NC(=O)N=2. The summed E-state index contributed by atoms with van der Waals surface area (Å²) in [6.07, 6.45) is 0. The van der Waals surface area contributed by atoms with Gasteiger partial charge in [-0.1, -0.05) is 6.07 Å². The highest BCUT2D eigenvalue weighted by Crippen LogP contribution is 1.95. The van der Waals surface area contributed by atoms with E-state index in [1.165, 1.54) is 0 Å². The van der Waals surface area contributed by atoms with Crippen molar-refractivity contribution in [3.63, 3.8) is 0 Å². The van der Waals surface area contributed by atoms with Crippen molar-refractivity contribution in [2.24, 2.45) is 9.98 Å².